The van der Waals surface area contributed by atoms with Gasteiger partial charge in [-0.2, -0.15) is 0 Å². The highest BCUT2D eigenvalue weighted by Gasteiger charge is 2.24. The van der Waals surface area contributed by atoms with Crippen molar-refractivity contribution >= 4 is 34.3 Å². The lowest BCUT2D eigenvalue weighted by molar-refractivity contribution is -0.118. The molecule has 1 N–H and O–H groups in total. The molecule has 1 aromatic heterocycles. The second-order valence-electron chi connectivity index (χ2n) is 7.85. The number of amides is 1. The van der Waals surface area contributed by atoms with E-state index in [4.69, 9.17) is 4.74 Å². The number of aromatic nitrogens is 1. The van der Waals surface area contributed by atoms with Crippen molar-refractivity contribution in [1.82, 2.24) is 4.98 Å². The summed E-state index contributed by atoms with van der Waals surface area (Å²) in [5.74, 6) is -1.14. The Morgan fingerprint density at radius 2 is 1.58 bits per heavy atom. The van der Waals surface area contributed by atoms with E-state index >= 15 is 0 Å². The van der Waals surface area contributed by atoms with Crippen LogP contribution in [0, 0.1) is 19.8 Å². The van der Waals surface area contributed by atoms with Gasteiger partial charge >= 0.3 is 5.97 Å². The first kappa shape index (κ1) is 22.2. The Kier molecular flexibility index (Phi) is 6.49. The van der Waals surface area contributed by atoms with Gasteiger partial charge in [-0.05, 0) is 56.7 Å². The summed E-state index contributed by atoms with van der Waals surface area (Å²) >= 11 is 0. The van der Waals surface area contributed by atoms with E-state index in [1.165, 1.54) is 0 Å². The summed E-state index contributed by atoms with van der Waals surface area (Å²) in [7, 11) is 0. The number of nitrogens with one attached hydrogen (secondary N) is 1. The van der Waals surface area contributed by atoms with Crippen LogP contribution in [0.3, 0.4) is 0 Å². The molecular formula is C25H26N2O4. The second-order valence-corrected chi connectivity index (χ2v) is 7.85. The lowest BCUT2D eigenvalue weighted by Crippen LogP contribution is -2.25. The zero-order valence-electron chi connectivity index (χ0n) is 18.4. The Bertz CT molecular complexity index is 1150. The van der Waals surface area contributed by atoms with Crippen LogP contribution in [0.4, 0.5) is 5.69 Å². The number of hydrogen-bond donors (Lipinski definition) is 1. The number of pyridine rings is 1. The van der Waals surface area contributed by atoms with Crippen molar-refractivity contribution in [2.24, 2.45) is 5.92 Å². The molecule has 0 bridgehead atoms. The van der Waals surface area contributed by atoms with Gasteiger partial charge in [0.05, 0.1) is 16.8 Å². The predicted octanol–water partition coefficient (Wildman–Crippen LogP) is 4.87. The third-order valence-electron chi connectivity index (χ3n) is 5.15. The van der Waals surface area contributed by atoms with Gasteiger partial charge in [0.15, 0.2) is 6.10 Å². The van der Waals surface area contributed by atoms with Gasteiger partial charge in [0.25, 0.3) is 0 Å². The highest BCUT2D eigenvalue weighted by Crippen LogP contribution is 2.24. The first-order valence-electron chi connectivity index (χ1n) is 10.2. The molecular weight excluding hydrogens is 392 g/mol. The van der Waals surface area contributed by atoms with E-state index in [1.807, 2.05) is 31.2 Å². The molecule has 0 aliphatic heterocycles. The standard InChI is InChI=1S/C25H26N2O4/c1-14(2)24(29)27-19-12-10-18(11-13-19)23(28)17(5)31-25(30)22-15(3)20-8-6-7-9-21(20)26-16(22)4/h6-14,17H,1-5H3,(H,27,29)/t17-/m1/s1. The fourth-order valence-corrected chi connectivity index (χ4v) is 3.34. The van der Waals surface area contributed by atoms with E-state index in [-0.39, 0.29) is 17.6 Å². The van der Waals surface area contributed by atoms with Crippen LogP contribution in [-0.4, -0.2) is 28.7 Å². The van der Waals surface area contributed by atoms with Crippen LogP contribution in [0.2, 0.25) is 0 Å². The fraction of sp³-hybridized carbons (Fsp3) is 0.280. The maximum Gasteiger partial charge on any atom is 0.340 e. The fourth-order valence-electron chi connectivity index (χ4n) is 3.34. The third-order valence-corrected chi connectivity index (χ3v) is 5.15. The Morgan fingerprint density at radius 3 is 2.23 bits per heavy atom. The quantitative estimate of drug-likeness (QED) is 0.456. The van der Waals surface area contributed by atoms with Crippen LogP contribution >= 0.6 is 0 Å². The smallest absolute Gasteiger partial charge is 0.340 e. The second kappa shape index (κ2) is 9.08. The molecule has 2 aromatic carbocycles. The zero-order chi connectivity index (χ0) is 22.7. The molecule has 1 amide bonds. The molecule has 6 nitrogen and oxygen atoms in total. The lowest BCUT2D eigenvalue weighted by atomic mass is 10.0. The SMILES string of the molecule is Cc1nc2ccccc2c(C)c1C(=O)O[C@H](C)C(=O)c1ccc(NC(=O)C(C)C)cc1. The number of ether oxygens (including phenoxy) is 1. The maximum absolute atomic E-state index is 12.9. The van der Waals surface area contributed by atoms with Crippen molar-refractivity contribution in [2.45, 2.75) is 40.7 Å². The number of Topliss-reactive ketones (excluding diaryl/α,β-unsaturated/α-hetero) is 1. The van der Waals surface area contributed by atoms with E-state index in [0.717, 1.165) is 16.5 Å². The molecule has 0 spiro atoms. The normalized spacial score (nSPS) is 11.9. The number of carbonyl (C=O) groups excluding carboxylic acids is 3. The summed E-state index contributed by atoms with van der Waals surface area (Å²) in [6.07, 6.45) is -0.964. The van der Waals surface area contributed by atoms with Crippen molar-refractivity contribution in [3.63, 3.8) is 0 Å². The van der Waals surface area contributed by atoms with Crippen molar-refractivity contribution in [3.8, 4) is 0 Å². The van der Waals surface area contributed by atoms with Gasteiger partial charge in [0.1, 0.15) is 0 Å². The Labute approximate surface area is 181 Å². The summed E-state index contributed by atoms with van der Waals surface area (Å²) < 4.78 is 5.49. The number of nitrogens with zero attached hydrogens (tertiary/aromatic N) is 1. The molecule has 0 unspecified atom stereocenters. The highest BCUT2D eigenvalue weighted by molar-refractivity contribution is 6.03. The number of aryl methyl sites for hydroxylation is 2. The minimum atomic E-state index is -0.964. The molecule has 1 atom stereocenters. The third kappa shape index (κ3) is 4.79. The van der Waals surface area contributed by atoms with Gasteiger partial charge in [-0.1, -0.05) is 32.0 Å². The first-order chi connectivity index (χ1) is 14.7. The number of para-hydroxylation sites is 1. The summed E-state index contributed by atoms with van der Waals surface area (Å²) in [5.41, 5.74) is 3.53. The van der Waals surface area contributed by atoms with Crippen LogP contribution in [0.1, 0.15) is 52.7 Å². The van der Waals surface area contributed by atoms with Crippen molar-refractivity contribution in [2.75, 3.05) is 5.32 Å². The van der Waals surface area contributed by atoms with Gasteiger partial charge in [-0.3, -0.25) is 14.6 Å². The number of fused-ring (bicyclic) bond motifs is 1. The molecule has 3 rings (SSSR count). The van der Waals surface area contributed by atoms with E-state index in [1.54, 1.807) is 52.0 Å². The number of rotatable bonds is 6. The Balaban J connectivity index is 1.75. The molecule has 0 radical (unpaired) electrons. The molecule has 0 saturated heterocycles. The molecule has 0 saturated carbocycles. The van der Waals surface area contributed by atoms with Crippen molar-refractivity contribution in [1.29, 1.82) is 0 Å². The molecule has 31 heavy (non-hydrogen) atoms. The molecule has 3 aromatic rings. The number of hydrogen-bond acceptors (Lipinski definition) is 5. The van der Waals surface area contributed by atoms with E-state index in [0.29, 0.717) is 22.5 Å². The van der Waals surface area contributed by atoms with Gasteiger partial charge in [-0.15, -0.1) is 0 Å². The summed E-state index contributed by atoms with van der Waals surface area (Å²) in [6, 6.07) is 14.1. The van der Waals surface area contributed by atoms with Crippen molar-refractivity contribution in [3.05, 3.63) is 70.9 Å². The number of anilines is 1. The number of benzene rings is 2. The minimum absolute atomic E-state index is 0.101. The van der Waals surface area contributed by atoms with Gasteiger partial charge in [0, 0.05) is 22.6 Å². The number of esters is 1. The summed E-state index contributed by atoms with van der Waals surface area (Å²) in [4.78, 5) is 41.9. The monoisotopic (exact) mass is 418 g/mol. The molecule has 160 valence electrons. The molecule has 6 heteroatoms. The maximum atomic E-state index is 12.9. The summed E-state index contributed by atoms with van der Waals surface area (Å²) in [5, 5.41) is 3.65. The average Bonchev–Trinajstić information content (AvgIpc) is 2.73. The summed E-state index contributed by atoms with van der Waals surface area (Å²) in [6.45, 7) is 8.76. The van der Waals surface area contributed by atoms with Crippen molar-refractivity contribution < 1.29 is 19.1 Å². The lowest BCUT2D eigenvalue weighted by Gasteiger charge is -2.16. The van der Waals surface area contributed by atoms with E-state index in [9.17, 15) is 14.4 Å². The van der Waals surface area contributed by atoms with Gasteiger partial charge in [0.2, 0.25) is 11.7 Å². The molecule has 0 aliphatic rings. The molecule has 0 aliphatic carbocycles. The van der Waals surface area contributed by atoms with Crippen LogP contribution in [0.15, 0.2) is 48.5 Å². The van der Waals surface area contributed by atoms with Gasteiger partial charge < -0.3 is 10.1 Å². The first-order valence-corrected chi connectivity index (χ1v) is 10.2. The number of ketones is 1. The highest BCUT2D eigenvalue weighted by atomic mass is 16.5. The Morgan fingerprint density at radius 1 is 0.935 bits per heavy atom. The van der Waals surface area contributed by atoms with Gasteiger partial charge in [-0.25, -0.2) is 4.79 Å². The van der Waals surface area contributed by atoms with Crippen LogP contribution in [-0.2, 0) is 9.53 Å². The number of carbonyl (C=O) groups is 3. The van der Waals surface area contributed by atoms with E-state index in [2.05, 4.69) is 10.3 Å². The minimum Gasteiger partial charge on any atom is -0.451 e. The Hall–Kier alpha value is -3.54. The van der Waals surface area contributed by atoms with Crippen LogP contribution < -0.4 is 5.32 Å². The van der Waals surface area contributed by atoms with E-state index < -0.39 is 12.1 Å². The topological polar surface area (TPSA) is 85.4 Å². The molecule has 1 heterocycles. The molecule has 0 fully saturated rings. The van der Waals surface area contributed by atoms with Crippen LogP contribution in [0.25, 0.3) is 10.9 Å². The van der Waals surface area contributed by atoms with Crippen LogP contribution in [0.5, 0.6) is 0 Å². The average molecular weight is 418 g/mol. The largest absolute Gasteiger partial charge is 0.451 e. The predicted molar refractivity (Wildman–Crippen MR) is 120 cm³/mol. The zero-order valence-corrected chi connectivity index (χ0v) is 18.4.